The number of carbonyl (C=O) groups is 2. The molecule has 1 saturated carbocycles. The highest BCUT2D eigenvalue weighted by atomic mass is 16.4. The van der Waals surface area contributed by atoms with E-state index in [1.807, 2.05) is 0 Å². The largest absolute Gasteiger partial charge is 0.480 e. The predicted molar refractivity (Wildman–Crippen MR) is 69.0 cm³/mol. The fraction of sp³-hybridized carbons (Fsp3) is 0.846. The molecule has 1 fully saturated rings. The highest BCUT2D eigenvalue weighted by Gasteiger charge is 2.39. The Labute approximate surface area is 108 Å². The minimum Gasteiger partial charge on any atom is -0.480 e. The van der Waals surface area contributed by atoms with Gasteiger partial charge in [-0.05, 0) is 26.7 Å². The Morgan fingerprint density at radius 2 is 1.78 bits per heavy atom. The second-order valence-corrected chi connectivity index (χ2v) is 5.67. The molecule has 3 N–H and O–H groups in total. The van der Waals surface area contributed by atoms with E-state index in [0.29, 0.717) is 0 Å². The molecule has 2 unspecified atom stereocenters. The minimum absolute atomic E-state index is 0.142. The van der Waals surface area contributed by atoms with Crippen molar-refractivity contribution in [2.75, 3.05) is 7.05 Å². The average Bonchev–Trinajstić information content (AvgIpc) is 2.51. The maximum atomic E-state index is 12.4. The van der Waals surface area contributed by atoms with E-state index in [4.69, 9.17) is 10.8 Å². The lowest BCUT2D eigenvalue weighted by Gasteiger charge is -2.35. The first-order valence-corrected chi connectivity index (χ1v) is 6.55. The van der Waals surface area contributed by atoms with Gasteiger partial charge in [0.05, 0.1) is 5.92 Å². The lowest BCUT2D eigenvalue weighted by atomic mass is 9.92. The summed E-state index contributed by atoms with van der Waals surface area (Å²) < 4.78 is 0. The van der Waals surface area contributed by atoms with Crippen molar-refractivity contribution in [2.45, 2.75) is 57.5 Å². The minimum atomic E-state index is -1.19. The molecule has 1 amide bonds. The third-order valence-corrected chi connectivity index (χ3v) is 4.08. The smallest absolute Gasteiger partial charge is 0.329 e. The number of aliphatic carboxylic acids is 1. The van der Waals surface area contributed by atoms with Crippen molar-refractivity contribution >= 4 is 11.9 Å². The Hall–Kier alpha value is -1.10. The van der Waals surface area contributed by atoms with Crippen LogP contribution in [-0.2, 0) is 9.59 Å². The van der Waals surface area contributed by atoms with E-state index in [9.17, 15) is 9.59 Å². The van der Waals surface area contributed by atoms with Gasteiger partial charge in [0.2, 0.25) is 5.91 Å². The van der Waals surface area contributed by atoms with Crippen molar-refractivity contribution in [3.63, 3.8) is 0 Å². The fourth-order valence-corrected chi connectivity index (χ4v) is 2.31. The standard InChI is InChI=1S/C13H24N2O3/c1-13(2,12(17)18)15(3)11(16)9-7-5-4-6-8-10(9)14/h9-10H,4-8,14H2,1-3H3,(H,17,18). The van der Waals surface area contributed by atoms with Gasteiger partial charge in [0.25, 0.3) is 0 Å². The van der Waals surface area contributed by atoms with Crippen LogP contribution in [0.25, 0.3) is 0 Å². The highest BCUT2D eigenvalue weighted by molar-refractivity contribution is 5.87. The summed E-state index contributed by atoms with van der Waals surface area (Å²) in [6.45, 7) is 3.07. The summed E-state index contributed by atoms with van der Waals surface area (Å²) in [5, 5.41) is 9.16. The zero-order valence-electron chi connectivity index (χ0n) is 11.5. The summed E-state index contributed by atoms with van der Waals surface area (Å²) >= 11 is 0. The summed E-state index contributed by atoms with van der Waals surface area (Å²) in [6, 6.07) is -0.146. The lowest BCUT2D eigenvalue weighted by Crippen LogP contribution is -2.54. The van der Waals surface area contributed by atoms with E-state index >= 15 is 0 Å². The van der Waals surface area contributed by atoms with Crippen molar-refractivity contribution < 1.29 is 14.7 Å². The average molecular weight is 256 g/mol. The molecule has 0 radical (unpaired) electrons. The van der Waals surface area contributed by atoms with E-state index < -0.39 is 11.5 Å². The number of amides is 1. The molecule has 2 atom stereocenters. The number of carboxylic acids is 1. The van der Waals surface area contributed by atoms with Crippen LogP contribution in [0.2, 0.25) is 0 Å². The van der Waals surface area contributed by atoms with Gasteiger partial charge in [0.15, 0.2) is 0 Å². The van der Waals surface area contributed by atoms with Crippen LogP contribution in [0, 0.1) is 5.92 Å². The first kappa shape index (κ1) is 15.0. The molecule has 104 valence electrons. The number of likely N-dealkylation sites (N-methyl/N-ethyl adjacent to an activating group) is 1. The number of hydrogen-bond donors (Lipinski definition) is 2. The van der Waals surface area contributed by atoms with Crippen molar-refractivity contribution in [1.82, 2.24) is 4.90 Å². The molecule has 0 bridgehead atoms. The molecule has 5 heteroatoms. The van der Waals surface area contributed by atoms with Gasteiger partial charge in [-0.25, -0.2) is 4.79 Å². The van der Waals surface area contributed by atoms with Crippen molar-refractivity contribution in [3.8, 4) is 0 Å². The number of nitrogens with two attached hydrogens (primary N) is 1. The maximum Gasteiger partial charge on any atom is 0.329 e. The van der Waals surface area contributed by atoms with Gasteiger partial charge >= 0.3 is 5.97 Å². The number of rotatable bonds is 3. The van der Waals surface area contributed by atoms with Crippen LogP contribution in [0.3, 0.4) is 0 Å². The predicted octanol–water partition coefficient (Wildman–Crippen LogP) is 1.22. The second-order valence-electron chi connectivity index (χ2n) is 5.67. The molecule has 0 spiro atoms. The molecule has 0 aromatic carbocycles. The summed E-state index contributed by atoms with van der Waals surface area (Å²) in [4.78, 5) is 24.9. The normalized spacial score (nSPS) is 25.3. The van der Waals surface area contributed by atoms with E-state index in [0.717, 1.165) is 32.1 Å². The van der Waals surface area contributed by atoms with Crippen LogP contribution in [0.4, 0.5) is 0 Å². The van der Waals surface area contributed by atoms with Gasteiger partial charge in [-0.3, -0.25) is 4.79 Å². The van der Waals surface area contributed by atoms with Gasteiger partial charge < -0.3 is 15.7 Å². The van der Waals surface area contributed by atoms with Crippen molar-refractivity contribution in [1.29, 1.82) is 0 Å². The maximum absolute atomic E-state index is 12.4. The van der Waals surface area contributed by atoms with Crippen LogP contribution in [0.5, 0.6) is 0 Å². The third-order valence-electron chi connectivity index (χ3n) is 4.08. The molecular formula is C13H24N2O3. The quantitative estimate of drug-likeness (QED) is 0.744. The third kappa shape index (κ3) is 3.02. The summed E-state index contributed by atoms with van der Waals surface area (Å²) in [5.41, 5.74) is 4.85. The van der Waals surface area contributed by atoms with E-state index in [-0.39, 0.29) is 17.9 Å². The molecule has 5 nitrogen and oxygen atoms in total. The summed E-state index contributed by atoms with van der Waals surface area (Å²) in [6.07, 6.45) is 4.75. The number of carbonyl (C=O) groups excluding carboxylic acids is 1. The molecular weight excluding hydrogens is 232 g/mol. The van der Waals surface area contributed by atoms with Crippen LogP contribution in [-0.4, -0.2) is 40.5 Å². The SMILES string of the molecule is CN(C(=O)C1CCCCCC1N)C(C)(C)C(=O)O. The topological polar surface area (TPSA) is 83.6 Å². The Morgan fingerprint density at radius 3 is 2.33 bits per heavy atom. The fourth-order valence-electron chi connectivity index (χ4n) is 2.31. The van der Waals surface area contributed by atoms with Gasteiger partial charge in [-0.1, -0.05) is 19.3 Å². The van der Waals surface area contributed by atoms with Crippen LogP contribution >= 0.6 is 0 Å². The van der Waals surface area contributed by atoms with Crippen LogP contribution in [0.15, 0.2) is 0 Å². The first-order chi connectivity index (χ1) is 8.28. The zero-order chi connectivity index (χ0) is 13.9. The van der Waals surface area contributed by atoms with Crippen LogP contribution in [0.1, 0.15) is 46.0 Å². The summed E-state index contributed by atoms with van der Waals surface area (Å²) in [5.74, 6) is -1.38. The Kier molecular flexibility index (Phi) is 4.73. The molecule has 18 heavy (non-hydrogen) atoms. The number of hydrogen-bond acceptors (Lipinski definition) is 3. The Balaban J connectivity index is 2.82. The molecule has 1 rings (SSSR count). The zero-order valence-corrected chi connectivity index (χ0v) is 11.5. The molecule has 1 aliphatic carbocycles. The van der Waals surface area contributed by atoms with Crippen LogP contribution < -0.4 is 5.73 Å². The van der Waals surface area contributed by atoms with E-state index in [2.05, 4.69) is 0 Å². The molecule has 0 aliphatic heterocycles. The van der Waals surface area contributed by atoms with Crippen molar-refractivity contribution in [2.24, 2.45) is 11.7 Å². The molecule has 1 aliphatic rings. The van der Waals surface area contributed by atoms with Gasteiger partial charge in [0, 0.05) is 13.1 Å². The molecule has 0 heterocycles. The Morgan fingerprint density at radius 1 is 1.22 bits per heavy atom. The molecule has 0 aromatic rings. The molecule has 0 saturated heterocycles. The van der Waals surface area contributed by atoms with Crippen molar-refractivity contribution in [3.05, 3.63) is 0 Å². The summed E-state index contributed by atoms with van der Waals surface area (Å²) in [7, 11) is 1.55. The lowest BCUT2D eigenvalue weighted by molar-refractivity contribution is -0.157. The Bertz CT molecular complexity index is 328. The van der Waals surface area contributed by atoms with Gasteiger partial charge in [-0.2, -0.15) is 0 Å². The number of nitrogens with zero attached hydrogens (tertiary/aromatic N) is 1. The monoisotopic (exact) mass is 256 g/mol. The first-order valence-electron chi connectivity index (χ1n) is 6.55. The molecule has 0 aromatic heterocycles. The highest BCUT2D eigenvalue weighted by Crippen LogP contribution is 2.26. The second kappa shape index (κ2) is 5.69. The van der Waals surface area contributed by atoms with Gasteiger partial charge in [0.1, 0.15) is 5.54 Å². The van der Waals surface area contributed by atoms with E-state index in [1.54, 1.807) is 7.05 Å². The number of carboxylic acid groups (broad SMARTS) is 1. The van der Waals surface area contributed by atoms with Gasteiger partial charge in [-0.15, -0.1) is 0 Å². The van der Waals surface area contributed by atoms with E-state index in [1.165, 1.54) is 18.7 Å².